The molecule has 1 saturated heterocycles. The van der Waals surface area contributed by atoms with Crippen LogP contribution in [0.5, 0.6) is 0 Å². The van der Waals surface area contributed by atoms with Gasteiger partial charge in [-0.15, -0.1) is 0 Å². The van der Waals surface area contributed by atoms with Crippen molar-refractivity contribution in [1.82, 2.24) is 15.1 Å². The topological polar surface area (TPSA) is 29.9 Å². The Bertz CT molecular complexity index is 463. The van der Waals surface area contributed by atoms with Gasteiger partial charge >= 0.3 is 6.18 Å². The van der Waals surface area contributed by atoms with Gasteiger partial charge in [-0.25, -0.2) is 0 Å². The lowest BCUT2D eigenvalue weighted by Gasteiger charge is -2.24. The van der Waals surface area contributed by atoms with Gasteiger partial charge in [-0.3, -0.25) is 4.68 Å². The molecule has 0 spiro atoms. The van der Waals surface area contributed by atoms with Crippen molar-refractivity contribution < 1.29 is 13.2 Å². The molecule has 3 nitrogen and oxygen atoms in total. The second-order valence-corrected chi connectivity index (χ2v) is 6.16. The van der Waals surface area contributed by atoms with E-state index in [0.29, 0.717) is 12.2 Å². The second-order valence-electron chi connectivity index (χ2n) is 6.16. The van der Waals surface area contributed by atoms with Gasteiger partial charge < -0.3 is 5.32 Å². The van der Waals surface area contributed by atoms with E-state index in [2.05, 4.69) is 10.4 Å². The largest absolute Gasteiger partial charge is 0.435 e. The molecule has 2 rings (SSSR count). The second kappa shape index (κ2) is 4.51. The number of nitrogens with zero attached hydrogens (tertiary/aromatic N) is 2. The average Bonchev–Trinajstić information content (AvgIpc) is 2.79. The van der Waals surface area contributed by atoms with Crippen molar-refractivity contribution in [1.29, 1.82) is 0 Å². The zero-order chi connectivity index (χ0) is 14.4. The summed E-state index contributed by atoms with van der Waals surface area (Å²) in [6.07, 6.45) is -3.57. The summed E-state index contributed by atoms with van der Waals surface area (Å²) in [5, 5.41) is 7.06. The highest BCUT2D eigenvalue weighted by atomic mass is 19.4. The molecule has 1 atom stereocenters. The van der Waals surface area contributed by atoms with E-state index in [1.54, 1.807) is 4.68 Å². The minimum atomic E-state index is -4.39. The molecule has 19 heavy (non-hydrogen) atoms. The van der Waals surface area contributed by atoms with Gasteiger partial charge in [0.15, 0.2) is 5.69 Å². The van der Waals surface area contributed by atoms with Crippen LogP contribution in [0, 0.1) is 6.92 Å². The highest BCUT2D eigenvalue weighted by Crippen LogP contribution is 2.38. The van der Waals surface area contributed by atoms with Crippen LogP contribution < -0.4 is 5.32 Å². The predicted octanol–water partition coefficient (Wildman–Crippen LogP) is 3.04. The maximum Gasteiger partial charge on any atom is 0.435 e. The molecule has 108 valence electrons. The standard InChI is InChI=1S/C13H20F3N3/c1-8-10(13(14,15)16)18-19(9-5-6-17-7-9)11(8)12(2,3)4/h9,17H,5-7H2,1-4H3. The Morgan fingerprint density at radius 2 is 1.89 bits per heavy atom. The van der Waals surface area contributed by atoms with Crippen molar-refractivity contribution in [3.8, 4) is 0 Å². The molecular formula is C13H20F3N3. The molecule has 6 heteroatoms. The Morgan fingerprint density at radius 3 is 2.32 bits per heavy atom. The van der Waals surface area contributed by atoms with Crippen molar-refractivity contribution in [2.45, 2.75) is 51.7 Å². The van der Waals surface area contributed by atoms with E-state index in [1.807, 2.05) is 20.8 Å². The summed E-state index contributed by atoms with van der Waals surface area (Å²) in [5.41, 5.74) is -0.159. The molecular weight excluding hydrogens is 255 g/mol. The van der Waals surface area contributed by atoms with Gasteiger partial charge in [-0.2, -0.15) is 18.3 Å². The number of aromatic nitrogens is 2. The summed E-state index contributed by atoms with van der Waals surface area (Å²) >= 11 is 0. The smallest absolute Gasteiger partial charge is 0.315 e. The summed E-state index contributed by atoms with van der Waals surface area (Å²) < 4.78 is 40.7. The Balaban J connectivity index is 2.58. The Morgan fingerprint density at radius 1 is 1.26 bits per heavy atom. The van der Waals surface area contributed by atoms with Crippen LogP contribution in [0.1, 0.15) is 50.2 Å². The zero-order valence-electron chi connectivity index (χ0n) is 11.7. The van der Waals surface area contributed by atoms with E-state index in [-0.39, 0.29) is 17.0 Å². The van der Waals surface area contributed by atoms with Crippen LogP contribution in [-0.2, 0) is 11.6 Å². The molecule has 1 unspecified atom stereocenters. The molecule has 1 fully saturated rings. The fraction of sp³-hybridized carbons (Fsp3) is 0.769. The van der Waals surface area contributed by atoms with E-state index in [4.69, 9.17) is 0 Å². The van der Waals surface area contributed by atoms with Gasteiger partial charge in [0.05, 0.1) is 6.04 Å². The molecule has 1 aliphatic rings. The number of halogens is 3. The molecule has 1 aromatic rings. The van der Waals surface area contributed by atoms with Crippen molar-refractivity contribution in [3.63, 3.8) is 0 Å². The van der Waals surface area contributed by atoms with Crippen molar-refractivity contribution in [2.75, 3.05) is 13.1 Å². The Hall–Kier alpha value is -1.04. The quantitative estimate of drug-likeness (QED) is 0.853. The van der Waals surface area contributed by atoms with E-state index in [0.717, 1.165) is 13.0 Å². The van der Waals surface area contributed by atoms with E-state index in [1.165, 1.54) is 6.92 Å². The van der Waals surface area contributed by atoms with Crippen LogP contribution in [0.2, 0.25) is 0 Å². The number of alkyl halides is 3. The molecule has 0 radical (unpaired) electrons. The third kappa shape index (κ3) is 2.63. The highest BCUT2D eigenvalue weighted by molar-refractivity contribution is 5.32. The van der Waals surface area contributed by atoms with E-state index in [9.17, 15) is 13.2 Å². The predicted molar refractivity (Wildman–Crippen MR) is 67.2 cm³/mol. The number of hydrogen-bond donors (Lipinski definition) is 1. The van der Waals surface area contributed by atoms with Gasteiger partial charge in [-0.1, -0.05) is 20.8 Å². The summed E-state index contributed by atoms with van der Waals surface area (Å²) in [7, 11) is 0. The van der Waals surface area contributed by atoms with Crippen LogP contribution >= 0.6 is 0 Å². The minimum absolute atomic E-state index is 0.0176. The van der Waals surface area contributed by atoms with Gasteiger partial charge in [0, 0.05) is 23.2 Å². The molecule has 2 heterocycles. The SMILES string of the molecule is Cc1c(C(F)(F)F)nn(C2CCNC2)c1C(C)(C)C. The van der Waals surface area contributed by atoms with Gasteiger partial charge in [0.1, 0.15) is 0 Å². The van der Waals surface area contributed by atoms with Crippen molar-refractivity contribution in [2.24, 2.45) is 0 Å². The third-order valence-electron chi connectivity index (χ3n) is 3.51. The zero-order valence-corrected chi connectivity index (χ0v) is 11.7. The first-order valence-electron chi connectivity index (χ1n) is 6.50. The fourth-order valence-electron chi connectivity index (χ4n) is 2.80. The molecule has 0 saturated carbocycles. The number of nitrogens with one attached hydrogen (secondary N) is 1. The Kier molecular flexibility index (Phi) is 3.41. The van der Waals surface area contributed by atoms with Gasteiger partial charge in [0.2, 0.25) is 0 Å². The van der Waals surface area contributed by atoms with Gasteiger partial charge in [0.25, 0.3) is 0 Å². The molecule has 0 aliphatic carbocycles. The van der Waals surface area contributed by atoms with Crippen LogP contribution in [0.25, 0.3) is 0 Å². The fourth-order valence-corrected chi connectivity index (χ4v) is 2.80. The molecule has 0 aromatic carbocycles. The van der Waals surface area contributed by atoms with Crippen LogP contribution in [0.4, 0.5) is 13.2 Å². The molecule has 1 aromatic heterocycles. The average molecular weight is 275 g/mol. The Labute approximate surface area is 111 Å². The number of rotatable bonds is 1. The van der Waals surface area contributed by atoms with E-state index < -0.39 is 11.9 Å². The first-order valence-corrected chi connectivity index (χ1v) is 6.50. The van der Waals surface area contributed by atoms with Crippen LogP contribution in [0.15, 0.2) is 0 Å². The van der Waals surface area contributed by atoms with Crippen LogP contribution in [0.3, 0.4) is 0 Å². The summed E-state index contributed by atoms with van der Waals surface area (Å²) in [6, 6.07) is 0.0176. The third-order valence-corrected chi connectivity index (χ3v) is 3.51. The maximum atomic E-state index is 13.0. The first-order chi connectivity index (χ1) is 8.62. The maximum absolute atomic E-state index is 13.0. The van der Waals surface area contributed by atoms with Crippen molar-refractivity contribution >= 4 is 0 Å². The highest BCUT2D eigenvalue weighted by Gasteiger charge is 2.40. The lowest BCUT2D eigenvalue weighted by Crippen LogP contribution is -2.24. The molecule has 1 N–H and O–H groups in total. The molecule has 0 amide bonds. The van der Waals surface area contributed by atoms with Crippen molar-refractivity contribution in [3.05, 3.63) is 17.0 Å². The van der Waals surface area contributed by atoms with Crippen LogP contribution in [-0.4, -0.2) is 22.9 Å². The molecule has 1 aliphatic heterocycles. The number of hydrogen-bond acceptors (Lipinski definition) is 2. The van der Waals surface area contributed by atoms with E-state index >= 15 is 0 Å². The summed E-state index contributed by atoms with van der Waals surface area (Å²) in [6.45, 7) is 8.81. The normalized spacial score (nSPS) is 21.1. The lowest BCUT2D eigenvalue weighted by molar-refractivity contribution is -0.142. The lowest BCUT2D eigenvalue weighted by atomic mass is 9.88. The first kappa shape index (κ1) is 14.4. The summed E-state index contributed by atoms with van der Waals surface area (Å²) in [5.74, 6) is 0. The minimum Gasteiger partial charge on any atom is -0.315 e. The van der Waals surface area contributed by atoms with Gasteiger partial charge in [-0.05, 0) is 19.9 Å². The molecule has 0 bridgehead atoms. The monoisotopic (exact) mass is 275 g/mol. The summed E-state index contributed by atoms with van der Waals surface area (Å²) in [4.78, 5) is 0.